The third kappa shape index (κ3) is 2.36. The van der Waals surface area contributed by atoms with Gasteiger partial charge in [0, 0.05) is 6.61 Å². The molecule has 1 N–H and O–H groups in total. The SMILES string of the molecule is O=C(O)C1CCOC(c2ccccc2)C1. The van der Waals surface area contributed by atoms with E-state index >= 15 is 0 Å². The summed E-state index contributed by atoms with van der Waals surface area (Å²) in [5.74, 6) is -0.969. The summed E-state index contributed by atoms with van der Waals surface area (Å²) in [6.07, 6.45) is 1.15. The van der Waals surface area contributed by atoms with Gasteiger partial charge in [-0.25, -0.2) is 0 Å². The minimum Gasteiger partial charge on any atom is -0.481 e. The lowest BCUT2D eigenvalue weighted by Gasteiger charge is -2.27. The fourth-order valence-corrected chi connectivity index (χ4v) is 1.92. The predicted octanol–water partition coefficient (Wildman–Crippen LogP) is 2.24. The molecule has 0 spiro atoms. The van der Waals surface area contributed by atoms with Gasteiger partial charge in [0.2, 0.25) is 0 Å². The second kappa shape index (κ2) is 4.45. The molecular weight excluding hydrogens is 192 g/mol. The molecule has 0 amide bonds. The largest absolute Gasteiger partial charge is 0.481 e. The molecule has 15 heavy (non-hydrogen) atoms. The minimum absolute atomic E-state index is 0.0546. The van der Waals surface area contributed by atoms with Crippen molar-refractivity contribution in [2.75, 3.05) is 6.61 Å². The van der Waals surface area contributed by atoms with Crippen LogP contribution in [0.1, 0.15) is 24.5 Å². The molecule has 0 aliphatic carbocycles. The summed E-state index contributed by atoms with van der Waals surface area (Å²) >= 11 is 0. The number of hydrogen-bond acceptors (Lipinski definition) is 2. The van der Waals surface area contributed by atoms with Crippen LogP contribution in [0.5, 0.6) is 0 Å². The Morgan fingerprint density at radius 2 is 2.07 bits per heavy atom. The maximum atomic E-state index is 10.9. The number of hydrogen-bond donors (Lipinski definition) is 1. The normalized spacial score (nSPS) is 26.1. The van der Waals surface area contributed by atoms with Crippen LogP contribution in [-0.4, -0.2) is 17.7 Å². The summed E-state index contributed by atoms with van der Waals surface area (Å²) in [5.41, 5.74) is 1.07. The van der Waals surface area contributed by atoms with Crippen molar-refractivity contribution in [2.24, 2.45) is 5.92 Å². The van der Waals surface area contributed by atoms with Crippen LogP contribution < -0.4 is 0 Å². The molecule has 1 saturated heterocycles. The number of ether oxygens (including phenoxy) is 1. The van der Waals surface area contributed by atoms with Crippen LogP contribution in [-0.2, 0) is 9.53 Å². The van der Waals surface area contributed by atoms with E-state index in [1.807, 2.05) is 30.3 Å². The molecule has 2 unspecified atom stereocenters. The Morgan fingerprint density at radius 1 is 1.33 bits per heavy atom. The van der Waals surface area contributed by atoms with Crippen molar-refractivity contribution in [2.45, 2.75) is 18.9 Å². The molecule has 80 valence electrons. The van der Waals surface area contributed by atoms with Gasteiger partial charge in [-0.1, -0.05) is 30.3 Å². The van der Waals surface area contributed by atoms with Gasteiger partial charge in [0.1, 0.15) is 0 Å². The van der Waals surface area contributed by atoms with E-state index in [0.717, 1.165) is 5.56 Å². The lowest BCUT2D eigenvalue weighted by Crippen LogP contribution is -2.25. The maximum Gasteiger partial charge on any atom is 0.306 e. The van der Waals surface area contributed by atoms with Gasteiger partial charge in [-0.15, -0.1) is 0 Å². The van der Waals surface area contributed by atoms with Gasteiger partial charge < -0.3 is 9.84 Å². The molecule has 3 nitrogen and oxygen atoms in total. The van der Waals surface area contributed by atoms with Crippen molar-refractivity contribution in [1.82, 2.24) is 0 Å². The zero-order chi connectivity index (χ0) is 10.7. The van der Waals surface area contributed by atoms with Crippen LogP contribution in [0.15, 0.2) is 30.3 Å². The highest BCUT2D eigenvalue weighted by Crippen LogP contribution is 2.31. The molecule has 0 radical (unpaired) electrons. The van der Waals surface area contributed by atoms with Gasteiger partial charge in [-0.05, 0) is 18.4 Å². The second-order valence-electron chi connectivity index (χ2n) is 3.83. The van der Waals surface area contributed by atoms with Crippen LogP contribution in [0.3, 0.4) is 0 Å². The summed E-state index contributed by atoms with van der Waals surface area (Å²) in [6, 6.07) is 9.80. The highest BCUT2D eigenvalue weighted by Gasteiger charge is 2.28. The van der Waals surface area contributed by atoms with Gasteiger partial charge in [-0.2, -0.15) is 0 Å². The van der Waals surface area contributed by atoms with E-state index in [2.05, 4.69) is 0 Å². The monoisotopic (exact) mass is 206 g/mol. The van der Waals surface area contributed by atoms with Crippen LogP contribution in [0, 0.1) is 5.92 Å². The molecule has 2 rings (SSSR count). The molecular formula is C12H14O3. The molecule has 1 aromatic carbocycles. The highest BCUT2D eigenvalue weighted by molar-refractivity contribution is 5.70. The van der Waals surface area contributed by atoms with Gasteiger partial charge in [0.05, 0.1) is 12.0 Å². The number of carboxylic acids is 1. The quantitative estimate of drug-likeness (QED) is 0.807. The Kier molecular flexibility index (Phi) is 3.02. The van der Waals surface area contributed by atoms with Crippen LogP contribution >= 0.6 is 0 Å². The van der Waals surface area contributed by atoms with E-state index < -0.39 is 5.97 Å². The zero-order valence-electron chi connectivity index (χ0n) is 8.43. The smallest absolute Gasteiger partial charge is 0.306 e. The Bertz CT molecular complexity index is 334. The van der Waals surface area contributed by atoms with E-state index in [1.54, 1.807) is 0 Å². The summed E-state index contributed by atoms with van der Waals surface area (Å²) < 4.78 is 5.58. The molecule has 1 heterocycles. The molecule has 1 aliphatic rings. The lowest BCUT2D eigenvalue weighted by atomic mass is 9.92. The molecule has 1 aromatic rings. The van der Waals surface area contributed by atoms with Crippen molar-refractivity contribution in [1.29, 1.82) is 0 Å². The molecule has 3 heteroatoms. The summed E-state index contributed by atoms with van der Waals surface area (Å²) in [4.78, 5) is 10.9. The van der Waals surface area contributed by atoms with Crippen LogP contribution in [0.2, 0.25) is 0 Å². The van der Waals surface area contributed by atoms with Crippen molar-refractivity contribution in [3.8, 4) is 0 Å². The Labute approximate surface area is 88.7 Å². The number of benzene rings is 1. The first-order chi connectivity index (χ1) is 7.27. The summed E-state index contributed by atoms with van der Waals surface area (Å²) in [7, 11) is 0. The third-order valence-corrected chi connectivity index (χ3v) is 2.80. The Morgan fingerprint density at radius 3 is 2.73 bits per heavy atom. The number of carbonyl (C=O) groups is 1. The van der Waals surface area contributed by atoms with Gasteiger partial charge in [0.25, 0.3) is 0 Å². The summed E-state index contributed by atoms with van der Waals surface area (Å²) in [5, 5.41) is 8.95. The molecule has 0 bridgehead atoms. The first kappa shape index (κ1) is 10.2. The van der Waals surface area contributed by atoms with Gasteiger partial charge in [0.15, 0.2) is 0 Å². The molecule has 1 aliphatic heterocycles. The average Bonchev–Trinajstić information content (AvgIpc) is 2.30. The van der Waals surface area contributed by atoms with E-state index in [9.17, 15) is 4.79 Å². The first-order valence-corrected chi connectivity index (χ1v) is 5.16. The van der Waals surface area contributed by atoms with Crippen LogP contribution in [0.4, 0.5) is 0 Å². The average molecular weight is 206 g/mol. The Balaban J connectivity index is 2.08. The zero-order valence-corrected chi connectivity index (χ0v) is 8.43. The Hall–Kier alpha value is -1.35. The fraction of sp³-hybridized carbons (Fsp3) is 0.417. The molecule has 0 saturated carbocycles. The number of aliphatic carboxylic acids is 1. The highest BCUT2D eigenvalue weighted by atomic mass is 16.5. The predicted molar refractivity (Wildman–Crippen MR) is 55.5 cm³/mol. The molecule has 0 aromatic heterocycles. The van der Waals surface area contributed by atoms with E-state index in [-0.39, 0.29) is 12.0 Å². The van der Waals surface area contributed by atoms with E-state index in [1.165, 1.54) is 0 Å². The number of carboxylic acid groups (broad SMARTS) is 1. The molecule has 1 fully saturated rings. The lowest BCUT2D eigenvalue weighted by molar-refractivity contribution is -0.147. The standard InChI is InChI=1S/C12H14O3/c13-12(14)10-6-7-15-11(8-10)9-4-2-1-3-5-9/h1-5,10-11H,6-8H2,(H,13,14). The van der Waals surface area contributed by atoms with Gasteiger partial charge >= 0.3 is 5.97 Å². The van der Waals surface area contributed by atoms with Crippen molar-refractivity contribution in [3.05, 3.63) is 35.9 Å². The fourth-order valence-electron chi connectivity index (χ4n) is 1.92. The first-order valence-electron chi connectivity index (χ1n) is 5.16. The minimum atomic E-state index is -0.709. The number of rotatable bonds is 2. The van der Waals surface area contributed by atoms with Gasteiger partial charge in [-0.3, -0.25) is 4.79 Å². The van der Waals surface area contributed by atoms with Crippen molar-refractivity contribution in [3.63, 3.8) is 0 Å². The van der Waals surface area contributed by atoms with E-state index in [4.69, 9.17) is 9.84 Å². The van der Waals surface area contributed by atoms with Crippen LogP contribution in [0.25, 0.3) is 0 Å². The topological polar surface area (TPSA) is 46.5 Å². The maximum absolute atomic E-state index is 10.9. The second-order valence-corrected chi connectivity index (χ2v) is 3.83. The van der Waals surface area contributed by atoms with Crippen molar-refractivity contribution < 1.29 is 14.6 Å². The third-order valence-electron chi connectivity index (χ3n) is 2.80. The van der Waals surface area contributed by atoms with Crippen molar-refractivity contribution >= 4 is 5.97 Å². The van der Waals surface area contributed by atoms with E-state index in [0.29, 0.717) is 19.4 Å². The summed E-state index contributed by atoms with van der Waals surface area (Å²) in [6.45, 7) is 0.538. The molecule has 2 atom stereocenters.